The first-order valence-corrected chi connectivity index (χ1v) is 7.99. The number of nitrogens with one attached hydrogen (secondary N) is 1. The molecule has 0 radical (unpaired) electrons. The molecule has 0 bridgehead atoms. The predicted molar refractivity (Wildman–Crippen MR) is 87.3 cm³/mol. The van der Waals surface area contributed by atoms with Crippen LogP contribution in [0.1, 0.15) is 30.7 Å². The van der Waals surface area contributed by atoms with Gasteiger partial charge in [0.15, 0.2) is 0 Å². The number of halogens is 2. The fourth-order valence-corrected chi connectivity index (χ4v) is 3.01. The molecule has 1 aromatic heterocycles. The van der Waals surface area contributed by atoms with Gasteiger partial charge in [0.1, 0.15) is 0 Å². The van der Waals surface area contributed by atoms with Crippen molar-refractivity contribution in [2.45, 2.75) is 32.7 Å². The van der Waals surface area contributed by atoms with E-state index in [4.69, 9.17) is 11.6 Å². The van der Waals surface area contributed by atoms with Crippen molar-refractivity contribution in [2.24, 2.45) is 0 Å². The van der Waals surface area contributed by atoms with Crippen molar-refractivity contribution in [1.29, 1.82) is 0 Å². The third kappa shape index (κ3) is 3.94. The second-order valence-corrected chi connectivity index (χ2v) is 7.80. The average Bonchev–Trinajstić information content (AvgIpc) is 2.79. The van der Waals surface area contributed by atoms with E-state index in [2.05, 4.69) is 47.0 Å². The summed E-state index contributed by atoms with van der Waals surface area (Å²) in [7, 11) is 0. The Kier molecular flexibility index (Phi) is 4.54. The molecule has 0 aliphatic heterocycles. The van der Waals surface area contributed by atoms with Crippen LogP contribution in [0, 0.1) is 0 Å². The molecule has 0 atom stereocenters. The van der Waals surface area contributed by atoms with Crippen LogP contribution >= 0.6 is 38.9 Å². The molecular formula is C14H16BrClN2S. The second-order valence-electron chi connectivity index (χ2n) is 5.36. The van der Waals surface area contributed by atoms with Crippen LogP contribution in [0.4, 0.5) is 5.69 Å². The Hall–Kier alpha value is -0.580. The number of hydrogen-bond donors (Lipinski definition) is 1. The monoisotopic (exact) mass is 358 g/mol. The van der Waals surface area contributed by atoms with Crippen molar-refractivity contribution < 1.29 is 0 Å². The fourth-order valence-electron chi connectivity index (χ4n) is 1.55. The van der Waals surface area contributed by atoms with Gasteiger partial charge in [-0.3, -0.25) is 0 Å². The van der Waals surface area contributed by atoms with E-state index in [-0.39, 0.29) is 5.41 Å². The Morgan fingerprint density at radius 3 is 2.74 bits per heavy atom. The van der Waals surface area contributed by atoms with E-state index in [1.807, 2.05) is 24.4 Å². The van der Waals surface area contributed by atoms with Crippen LogP contribution in [0.15, 0.2) is 28.9 Å². The number of anilines is 1. The van der Waals surface area contributed by atoms with Crippen LogP contribution in [-0.2, 0) is 12.0 Å². The summed E-state index contributed by atoms with van der Waals surface area (Å²) < 4.78 is 1.01. The fraction of sp³-hybridized carbons (Fsp3) is 0.357. The molecule has 0 fully saturated rings. The highest BCUT2D eigenvalue weighted by atomic mass is 79.9. The smallest absolute Gasteiger partial charge is 0.0981 e. The molecule has 1 heterocycles. The van der Waals surface area contributed by atoms with E-state index in [1.165, 1.54) is 4.88 Å². The summed E-state index contributed by atoms with van der Waals surface area (Å²) in [6.07, 6.45) is 1.93. The van der Waals surface area contributed by atoms with Gasteiger partial charge in [0.2, 0.25) is 0 Å². The lowest BCUT2D eigenvalue weighted by Gasteiger charge is -2.13. The lowest BCUT2D eigenvalue weighted by Crippen LogP contribution is -2.09. The summed E-state index contributed by atoms with van der Waals surface area (Å²) in [5.74, 6) is 0. The zero-order valence-corrected chi connectivity index (χ0v) is 14.3. The van der Waals surface area contributed by atoms with Crippen LogP contribution in [0.2, 0.25) is 5.02 Å². The summed E-state index contributed by atoms with van der Waals surface area (Å²) >= 11 is 11.3. The Labute approximate surface area is 131 Å². The van der Waals surface area contributed by atoms with Crippen molar-refractivity contribution in [2.75, 3.05) is 5.32 Å². The Morgan fingerprint density at radius 1 is 1.37 bits per heavy atom. The summed E-state index contributed by atoms with van der Waals surface area (Å²) in [5.41, 5.74) is 1.04. The van der Waals surface area contributed by atoms with Crippen LogP contribution in [-0.4, -0.2) is 4.98 Å². The van der Waals surface area contributed by atoms with Crippen molar-refractivity contribution in [3.63, 3.8) is 0 Å². The van der Waals surface area contributed by atoms with Gasteiger partial charge in [0.05, 0.1) is 22.3 Å². The summed E-state index contributed by atoms with van der Waals surface area (Å²) in [5, 5.41) is 5.23. The summed E-state index contributed by atoms with van der Waals surface area (Å²) in [6.45, 7) is 7.26. The number of hydrogen-bond acceptors (Lipinski definition) is 3. The zero-order valence-electron chi connectivity index (χ0n) is 11.1. The van der Waals surface area contributed by atoms with Gasteiger partial charge in [-0.2, -0.15) is 0 Å². The van der Waals surface area contributed by atoms with Crippen LogP contribution < -0.4 is 5.32 Å². The zero-order chi connectivity index (χ0) is 14.0. The van der Waals surface area contributed by atoms with Gasteiger partial charge in [-0.25, -0.2) is 4.98 Å². The highest BCUT2D eigenvalue weighted by molar-refractivity contribution is 9.10. The van der Waals surface area contributed by atoms with Crippen LogP contribution in [0.3, 0.4) is 0 Å². The van der Waals surface area contributed by atoms with Crippen molar-refractivity contribution in [3.05, 3.63) is 43.8 Å². The highest BCUT2D eigenvalue weighted by Crippen LogP contribution is 2.29. The van der Waals surface area contributed by atoms with Gasteiger partial charge in [0.25, 0.3) is 0 Å². The van der Waals surface area contributed by atoms with Crippen molar-refractivity contribution >= 4 is 44.6 Å². The van der Waals surface area contributed by atoms with E-state index >= 15 is 0 Å². The molecule has 2 rings (SSSR count). The molecule has 1 aromatic carbocycles. The Morgan fingerprint density at radius 2 is 2.11 bits per heavy atom. The standard InChI is InChI=1S/C14H16BrClN2S/c1-14(2,3)13-18-8-10(19-13)7-17-12-6-9(15)4-5-11(12)16/h4-6,8,17H,7H2,1-3H3. The van der Waals surface area contributed by atoms with E-state index in [0.29, 0.717) is 0 Å². The van der Waals surface area contributed by atoms with Crippen molar-refractivity contribution in [1.82, 2.24) is 4.98 Å². The third-order valence-corrected chi connectivity index (χ3v) is 4.82. The number of rotatable bonds is 3. The average molecular weight is 360 g/mol. The van der Waals surface area contributed by atoms with Gasteiger partial charge >= 0.3 is 0 Å². The minimum absolute atomic E-state index is 0.107. The minimum atomic E-state index is 0.107. The van der Waals surface area contributed by atoms with Crippen LogP contribution in [0.5, 0.6) is 0 Å². The van der Waals surface area contributed by atoms with Gasteiger partial charge in [0, 0.05) is 21.0 Å². The molecule has 0 aliphatic rings. The number of thiazole rings is 1. The maximum absolute atomic E-state index is 6.14. The first-order chi connectivity index (χ1) is 8.86. The van der Waals surface area contributed by atoms with Crippen molar-refractivity contribution in [3.8, 4) is 0 Å². The summed E-state index contributed by atoms with van der Waals surface area (Å²) in [4.78, 5) is 5.69. The second kappa shape index (κ2) is 5.81. The normalized spacial score (nSPS) is 11.6. The number of nitrogens with zero attached hydrogens (tertiary/aromatic N) is 1. The van der Waals surface area contributed by atoms with E-state index in [1.54, 1.807) is 11.3 Å². The molecule has 2 nitrogen and oxygen atoms in total. The van der Waals surface area contributed by atoms with E-state index < -0.39 is 0 Å². The lowest BCUT2D eigenvalue weighted by atomic mass is 9.98. The molecule has 0 spiro atoms. The maximum Gasteiger partial charge on any atom is 0.0981 e. The van der Waals surface area contributed by atoms with E-state index in [0.717, 1.165) is 26.7 Å². The maximum atomic E-state index is 6.14. The minimum Gasteiger partial charge on any atom is -0.379 e. The first-order valence-electron chi connectivity index (χ1n) is 6.00. The molecule has 0 unspecified atom stereocenters. The van der Waals surface area contributed by atoms with Gasteiger partial charge in [-0.15, -0.1) is 11.3 Å². The molecule has 5 heteroatoms. The lowest BCUT2D eigenvalue weighted by molar-refractivity contribution is 0.585. The molecule has 0 saturated heterocycles. The number of benzene rings is 1. The Bertz CT molecular complexity index is 575. The Balaban J connectivity index is 2.06. The van der Waals surface area contributed by atoms with Gasteiger partial charge in [-0.1, -0.05) is 48.3 Å². The summed E-state index contributed by atoms with van der Waals surface area (Å²) in [6, 6.07) is 5.78. The molecule has 0 aliphatic carbocycles. The molecule has 2 aromatic rings. The quantitative estimate of drug-likeness (QED) is 0.786. The number of aromatic nitrogens is 1. The molecular weight excluding hydrogens is 344 g/mol. The molecule has 1 N–H and O–H groups in total. The van der Waals surface area contributed by atoms with Crippen LogP contribution in [0.25, 0.3) is 0 Å². The highest BCUT2D eigenvalue weighted by Gasteiger charge is 2.17. The molecule has 102 valence electrons. The largest absolute Gasteiger partial charge is 0.379 e. The molecule has 0 amide bonds. The third-order valence-electron chi connectivity index (χ3n) is 2.58. The van der Waals surface area contributed by atoms with Gasteiger partial charge < -0.3 is 5.32 Å². The SMILES string of the molecule is CC(C)(C)c1ncc(CNc2cc(Br)ccc2Cl)s1. The molecule has 19 heavy (non-hydrogen) atoms. The first kappa shape index (κ1) is 14.8. The predicted octanol–water partition coefficient (Wildman–Crippen LogP) is 5.47. The topological polar surface area (TPSA) is 24.9 Å². The van der Waals surface area contributed by atoms with E-state index in [9.17, 15) is 0 Å². The van der Waals surface area contributed by atoms with Gasteiger partial charge in [-0.05, 0) is 18.2 Å². The molecule has 0 saturated carbocycles.